The van der Waals surface area contributed by atoms with Crippen molar-refractivity contribution in [2.45, 2.75) is 39.5 Å². The van der Waals surface area contributed by atoms with Gasteiger partial charge in [-0.05, 0) is 12.8 Å². The first-order valence-corrected chi connectivity index (χ1v) is 3.56. The zero-order chi connectivity index (χ0) is 6.24. The molecule has 0 bridgehead atoms. The Kier molecular flexibility index (Phi) is 14.7. The molecule has 0 amide bonds. The van der Waals surface area contributed by atoms with Gasteiger partial charge in [0.2, 0.25) is 0 Å². The predicted molar refractivity (Wildman–Crippen MR) is 49.3 cm³/mol. The molecule has 9 heavy (non-hydrogen) atoms. The van der Waals surface area contributed by atoms with E-state index in [0.29, 0.717) is 0 Å². The molecule has 0 aromatic carbocycles. The Bertz CT molecular complexity index is 57.6. The third-order valence-electron chi connectivity index (χ3n) is 1.13. The molecule has 0 spiro atoms. The van der Waals surface area contributed by atoms with Crippen LogP contribution in [-0.4, -0.2) is 0 Å². The Hall–Kier alpha value is 0.220. The summed E-state index contributed by atoms with van der Waals surface area (Å²) in [6.07, 6.45) is 9.61. The van der Waals surface area contributed by atoms with E-state index in [-0.39, 0.29) is 17.0 Å². The van der Waals surface area contributed by atoms with Crippen molar-refractivity contribution in [3.05, 3.63) is 12.2 Å². The maximum Gasteiger partial charge on any atom is -0.0351 e. The van der Waals surface area contributed by atoms with Crippen LogP contribution >= 0.6 is 17.0 Å². The van der Waals surface area contributed by atoms with Gasteiger partial charge in [-0.2, -0.15) is 0 Å². The van der Waals surface area contributed by atoms with Crippen LogP contribution in [0.15, 0.2) is 12.2 Å². The molecule has 0 saturated carbocycles. The van der Waals surface area contributed by atoms with Crippen molar-refractivity contribution in [3.8, 4) is 0 Å². The van der Waals surface area contributed by atoms with Gasteiger partial charge in [0, 0.05) is 0 Å². The summed E-state index contributed by atoms with van der Waals surface area (Å²) < 4.78 is 0. The first-order valence-electron chi connectivity index (χ1n) is 3.56. The van der Waals surface area contributed by atoms with Crippen LogP contribution < -0.4 is 0 Å². The van der Waals surface area contributed by atoms with E-state index in [4.69, 9.17) is 0 Å². The molecule has 0 fully saturated rings. The van der Waals surface area contributed by atoms with Crippen molar-refractivity contribution in [3.63, 3.8) is 0 Å². The van der Waals surface area contributed by atoms with E-state index in [1.807, 2.05) is 0 Å². The van der Waals surface area contributed by atoms with E-state index in [1.54, 1.807) is 0 Å². The Balaban J connectivity index is 0. The van der Waals surface area contributed by atoms with Crippen molar-refractivity contribution in [1.82, 2.24) is 0 Å². The van der Waals surface area contributed by atoms with E-state index in [1.165, 1.54) is 25.7 Å². The second-order valence-corrected chi connectivity index (χ2v) is 2.02. The Morgan fingerprint density at radius 2 is 1.78 bits per heavy atom. The highest BCUT2D eigenvalue weighted by molar-refractivity contribution is 8.93. The minimum atomic E-state index is 0. The molecule has 0 unspecified atom stereocenters. The molecule has 0 aromatic rings. The van der Waals surface area contributed by atoms with Gasteiger partial charge in [0.15, 0.2) is 0 Å². The van der Waals surface area contributed by atoms with Gasteiger partial charge < -0.3 is 0 Å². The molecule has 1 heteroatoms. The number of halogens is 1. The minimum Gasteiger partial charge on any atom is -0.114 e. The summed E-state index contributed by atoms with van der Waals surface area (Å²) in [5.41, 5.74) is 0. The lowest BCUT2D eigenvalue weighted by molar-refractivity contribution is 0.812. The average Bonchev–Trinajstić information content (AvgIpc) is 1.81. The highest BCUT2D eigenvalue weighted by atomic mass is 79.9. The number of unbranched alkanes of at least 4 members (excludes halogenated alkanes) is 2. The molecule has 0 aliphatic rings. The third kappa shape index (κ3) is 11.7. The summed E-state index contributed by atoms with van der Waals surface area (Å²) in [6, 6.07) is 0. The van der Waals surface area contributed by atoms with Crippen molar-refractivity contribution in [2.75, 3.05) is 0 Å². The van der Waals surface area contributed by atoms with Gasteiger partial charge in [0.25, 0.3) is 0 Å². The summed E-state index contributed by atoms with van der Waals surface area (Å²) in [6.45, 7) is 4.39. The molecule has 0 radical (unpaired) electrons. The molecular formula is C8H17Br. The molecule has 0 heterocycles. The van der Waals surface area contributed by atoms with Crippen LogP contribution in [0.3, 0.4) is 0 Å². The zero-order valence-electron chi connectivity index (χ0n) is 6.39. The number of allylic oxidation sites excluding steroid dienone is 2. The van der Waals surface area contributed by atoms with Crippen molar-refractivity contribution < 1.29 is 0 Å². The summed E-state index contributed by atoms with van der Waals surface area (Å²) in [7, 11) is 0. The van der Waals surface area contributed by atoms with Crippen LogP contribution in [0.4, 0.5) is 0 Å². The summed E-state index contributed by atoms with van der Waals surface area (Å²) in [4.78, 5) is 0. The zero-order valence-corrected chi connectivity index (χ0v) is 8.10. The molecule has 0 aliphatic heterocycles. The van der Waals surface area contributed by atoms with Crippen LogP contribution in [0.1, 0.15) is 39.5 Å². The van der Waals surface area contributed by atoms with Gasteiger partial charge >= 0.3 is 0 Å². The minimum absolute atomic E-state index is 0. The fraction of sp³-hybridized carbons (Fsp3) is 0.750. The molecule has 56 valence electrons. The Morgan fingerprint density at radius 1 is 1.11 bits per heavy atom. The molecule has 0 nitrogen and oxygen atoms in total. The highest BCUT2D eigenvalue weighted by Crippen LogP contribution is 1.94. The normalized spacial score (nSPS) is 9.56. The maximum atomic E-state index is 2.27. The van der Waals surface area contributed by atoms with Gasteiger partial charge in [-0.25, -0.2) is 0 Å². The summed E-state index contributed by atoms with van der Waals surface area (Å²) in [5, 5.41) is 0. The average molecular weight is 193 g/mol. The molecule has 0 atom stereocenters. The van der Waals surface area contributed by atoms with Crippen LogP contribution in [0, 0.1) is 0 Å². The van der Waals surface area contributed by atoms with Crippen LogP contribution in [0.2, 0.25) is 0 Å². The van der Waals surface area contributed by atoms with Gasteiger partial charge in [-0.3, -0.25) is 0 Å². The lowest BCUT2D eigenvalue weighted by atomic mass is 10.2. The fourth-order valence-corrected chi connectivity index (χ4v) is 0.606. The van der Waals surface area contributed by atoms with Gasteiger partial charge in [-0.15, -0.1) is 17.0 Å². The summed E-state index contributed by atoms with van der Waals surface area (Å²) in [5.74, 6) is 0. The topological polar surface area (TPSA) is 0 Å². The predicted octanol–water partition coefficient (Wildman–Crippen LogP) is 3.72. The SMILES string of the molecule is Br.CCC=CCCCC. The Labute approximate surface area is 69.1 Å². The molecule has 0 saturated heterocycles. The van der Waals surface area contributed by atoms with E-state index in [9.17, 15) is 0 Å². The number of hydrogen-bond donors (Lipinski definition) is 0. The quantitative estimate of drug-likeness (QED) is 0.471. The molecular weight excluding hydrogens is 176 g/mol. The smallest absolute Gasteiger partial charge is 0.0351 e. The first kappa shape index (κ1) is 12.0. The van der Waals surface area contributed by atoms with E-state index >= 15 is 0 Å². The summed E-state index contributed by atoms with van der Waals surface area (Å²) >= 11 is 0. The van der Waals surface area contributed by atoms with Crippen LogP contribution in [0.25, 0.3) is 0 Å². The highest BCUT2D eigenvalue weighted by Gasteiger charge is 1.74. The van der Waals surface area contributed by atoms with Gasteiger partial charge in [0.05, 0.1) is 0 Å². The Morgan fingerprint density at radius 3 is 2.22 bits per heavy atom. The molecule has 0 rings (SSSR count). The lowest BCUT2D eigenvalue weighted by Crippen LogP contribution is -1.65. The molecule has 0 aromatic heterocycles. The monoisotopic (exact) mass is 192 g/mol. The van der Waals surface area contributed by atoms with Gasteiger partial charge in [-0.1, -0.05) is 38.8 Å². The van der Waals surface area contributed by atoms with Crippen molar-refractivity contribution in [1.29, 1.82) is 0 Å². The molecule has 0 N–H and O–H groups in total. The second kappa shape index (κ2) is 11.1. The van der Waals surface area contributed by atoms with Crippen molar-refractivity contribution in [2.24, 2.45) is 0 Å². The van der Waals surface area contributed by atoms with Crippen LogP contribution in [-0.2, 0) is 0 Å². The third-order valence-corrected chi connectivity index (χ3v) is 1.13. The second-order valence-electron chi connectivity index (χ2n) is 2.02. The largest absolute Gasteiger partial charge is 0.114 e. The van der Waals surface area contributed by atoms with Gasteiger partial charge in [0.1, 0.15) is 0 Å². The lowest BCUT2D eigenvalue weighted by Gasteiger charge is -1.85. The number of hydrogen-bond acceptors (Lipinski definition) is 0. The fourth-order valence-electron chi connectivity index (χ4n) is 0.606. The standard InChI is InChI=1S/C8H16.BrH/c1-3-5-7-8-6-4-2;/h5,7H,3-4,6,8H2,1-2H3;1H. The van der Waals surface area contributed by atoms with E-state index in [2.05, 4.69) is 26.0 Å². The van der Waals surface area contributed by atoms with Crippen molar-refractivity contribution >= 4 is 17.0 Å². The number of rotatable bonds is 4. The molecule has 0 aliphatic carbocycles. The maximum absolute atomic E-state index is 2.27. The first-order chi connectivity index (χ1) is 3.91. The van der Waals surface area contributed by atoms with E-state index in [0.717, 1.165) is 0 Å². The van der Waals surface area contributed by atoms with Crippen LogP contribution in [0.5, 0.6) is 0 Å². The van der Waals surface area contributed by atoms with E-state index < -0.39 is 0 Å².